The van der Waals surface area contributed by atoms with Crippen LogP contribution in [-0.4, -0.2) is 26.1 Å². The summed E-state index contributed by atoms with van der Waals surface area (Å²) in [5, 5.41) is 5.46. The molecule has 6 heteroatoms. The average Bonchev–Trinajstić information content (AvgIpc) is 3.44. The molecule has 0 bridgehead atoms. The molecule has 0 atom stereocenters. The van der Waals surface area contributed by atoms with Crippen molar-refractivity contribution >= 4 is 28.7 Å². The van der Waals surface area contributed by atoms with Gasteiger partial charge in [-0.15, -0.1) is 0 Å². The van der Waals surface area contributed by atoms with Gasteiger partial charge in [0.15, 0.2) is 0 Å². The van der Waals surface area contributed by atoms with Crippen LogP contribution in [0.25, 0.3) is 33.5 Å². The molecule has 0 unspecified atom stereocenters. The topological polar surface area (TPSA) is 63.7 Å². The number of nitrogens with one attached hydrogen (secondary N) is 1. The Morgan fingerprint density at radius 1 is 0.861 bits per heavy atom. The fraction of sp³-hybridized carbons (Fsp3) is 0.0333. The first kappa shape index (κ1) is 21.6. The number of pyridine rings is 1. The number of carbonyl (C=O) groups excluding carboxylic acids is 1. The number of hydrazone groups is 1. The van der Waals surface area contributed by atoms with Crippen LogP contribution in [0.15, 0.2) is 114 Å². The van der Waals surface area contributed by atoms with Crippen LogP contribution in [0.2, 0.25) is 0 Å². The van der Waals surface area contributed by atoms with E-state index in [-0.39, 0.29) is 5.91 Å². The first-order chi connectivity index (χ1) is 17.7. The molecule has 0 aliphatic carbocycles. The third-order valence-corrected chi connectivity index (χ3v) is 6.25. The van der Waals surface area contributed by atoms with Crippen LogP contribution in [-0.2, 0) is 0 Å². The quantitative estimate of drug-likeness (QED) is 0.248. The largest absolute Gasteiger partial charge is 0.309 e. The molecule has 0 radical (unpaired) electrons. The fourth-order valence-corrected chi connectivity index (χ4v) is 4.72. The number of nitrogens with zero attached hydrogens (tertiary/aromatic N) is 4. The SMILES string of the molecule is Cc1nc2ccccn2c1C(=O)N/N=C/c1c(-c2ccccc2)n(-c2ccccc2)c2ccccc12. The normalized spacial score (nSPS) is 11.5. The number of aromatic nitrogens is 3. The lowest BCUT2D eigenvalue weighted by Crippen LogP contribution is -2.20. The Hall–Kier alpha value is -4.97. The summed E-state index contributed by atoms with van der Waals surface area (Å²) in [6.45, 7) is 1.83. The van der Waals surface area contributed by atoms with Crippen molar-refractivity contribution in [3.8, 4) is 16.9 Å². The highest BCUT2D eigenvalue weighted by Gasteiger charge is 2.19. The molecule has 6 aromatic rings. The van der Waals surface area contributed by atoms with Crippen LogP contribution in [0.1, 0.15) is 21.7 Å². The van der Waals surface area contributed by atoms with Crippen molar-refractivity contribution in [1.29, 1.82) is 0 Å². The molecular weight excluding hydrogens is 446 g/mol. The summed E-state index contributed by atoms with van der Waals surface area (Å²) < 4.78 is 4.01. The number of carbonyl (C=O) groups is 1. The lowest BCUT2D eigenvalue weighted by molar-refractivity contribution is 0.0948. The van der Waals surface area contributed by atoms with Gasteiger partial charge in [-0.05, 0) is 42.8 Å². The van der Waals surface area contributed by atoms with Gasteiger partial charge in [0, 0.05) is 22.8 Å². The van der Waals surface area contributed by atoms with E-state index in [1.165, 1.54) is 0 Å². The first-order valence-electron chi connectivity index (χ1n) is 11.7. The highest BCUT2D eigenvalue weighted by atomic mass is 16.2. The second-order valence-electron chi connectivity index (χ2n) is 8.49. The van der Waals surface area contributed by atoms with Crippen molar-refractivity contribution in [2.24, 2.45) is 5.10 Å². The Labute approximate surface area is 208 Å². The van der Waals surface area contributed by atoms with Crippen molar-refractivity contribution in [3.63, 3.8) is 0 Å². The molecule has 174 valence electrons. The number of hydrogen-bond donors (Lipinski definition) is 1. The van der Waals surface area contributed by atoms with Gasteiger partial charge < -0.3 is 4.57 Å². The lowest BCUT2D eigenvalue weighted by atomic mass is 10.1. The standard InChI is InChI=1S/C30H23N5O/c1-21-28(34-19-11-10-18-27(34)32-21)30(36)33-31-20-25-24-16-8-9-17-26(24)35(23-14-6-3-7-15-23)29(25)22-12-4-2-5-13-22/h2-20H,1H3,(H,33,36)/b31-20+. The monoisotopic (exact) mass is 469 g/mol. The maximum atomic E-state index is 13.1. The smallest absolute Gasteiger partial charge is 0.290 e. The summed E-state index contributed by atoms with van der Waals surface area (Å²) in [6.07, 6.45) is 3.56. The van der Waals surface area contributed by atoms with E-state index in [0.29, 0.717) is 11.4 Å². The van der Waals surface area contributed by atoms with Gasteiger partial charge in [0.25, 0.3) is 5.91 Å². The van der Waals surface area contributed by atoms with Crippen LogP contribution < -0.4 is 5.43 Å². The van der Waals surface area contributed by atoms with E-state index in [0.717, 1.165) is 39.1 Å². The Morgan fingerprint density at radius 3 is 2.36 bits per heavy atom. The number of benzene rings is 3. The van der Waals surface area contributed by atoms with Gasteiger partial charge in [-0.25, -0.2) is 10.4 Å². The maximum absolute atomic E-state index is 13.1. The van der Waals surface area contributed by atoms with Gasteiger partial charge in [-0.1, -0.05) is 72.8 Å². The van der Waals surface area contributed by atoms with Crippen molar-refractivity contribution in [2.45, 2.75) is 6.92 Å². The number of fused-ring (bicyclic) bond motifs is 2. The van der Waals surface area contributed by atoms with E-state index in [1.54, 1.807) is 10.6 Å². The number of aryl methyl sites for hydroxylation is 1. The summed E-state index contributed by atoms with van der Waals surface area (Å²) in [7, 11) is 0. The van der Waals surface area contributed by atoms with E-state index in [9.17, 15) is 4.79 Å². The van der Waals surface area contributed by atoms with Crippen molar-refractivity contribution < 1.29 is 4.79 Å². The molecule has 0 fully saturated rings. The molecule has 1 amide bonds. The van der Waals surface area contributed by atoms with E-state index in [2.05, 4.69) is 56.5 Å². The van der Waals surface area contributed by atoms with E-state index in [1.807, 2.05) is 79.9 Å². The van der Waals surface area contributed by atoms with Crippen LogP contribution in [0.4, 0.5) is 0 Å². The van der Waals surface area contributed by atoms with Gasteiger partial charge in [0.1, 0.15) is 11.3 Å². The molecule has 36 heavy (non-hydrogen) atoms. The molecule has 0 aliphatic heterocycles. The van der Waals surface area contributed by atoms with Gasteiger partial charge in [0.2, 0.25) is 0 Å². The summed E-state index contributed by atoms with van der Waals surface area (Å²) in [6, 6.07) is 34.4. The predicted molar refractivity (Wildman–Crippen MR) is 144 cm³/mol. The molecule has 0 saturated heterocycles. The van der Waals surface area contributed by atoms with E-state index in [4.69, 9.17) is 0 Å². The summed E-state index contributed by atoms with van der Waals surface area (Å²) in [5.41, 5.74) is 9.67. The average molecular weight is 470 g/mol. The highest BCUT2D eigenvalue weighted by molar-refractivity contribution is 6.08. The number of amides is 1. The zero-order chi connectivity index (χ0) is 24.5. The predicted octanol–water partition coefficient (Wildman–Crippen LogP) is 6.02. The van der Waals surface area contributed by atoms with E-state index >= 15 is 0 Å². The molecular formula is C30H23N5O. The highest BCUT2D eigenvalue weighted by Crippen LogP contribution is 2.35. The van der Waals surface area contributed by atoms with Gasteiger partial charge in [-0.3, -0.25) is 9.20 Å². The fourth-order valence-electron chi connectivity index (χ4n) is 4.72. The molecule has 1 N–H and O–H groups in total. The van der Waals surface area contributed by atoms with Crippen molar-refractivity contribution in [3.05, 3.63) is 126 Å². The van der Waals surface area contributed by atoms with Crippen LogP contribution in [0.5, 0.6) is 0 Å². The Balaban J connectivity index is 1.47. The van der Waals surface area contributed by atoms with Crippen LogP contribution in [0, 0.1) is 6.92 Å². The Kier molecular flexibility index (Phi) is 5.39. The summed E-state index contributed by atoms with van der Waals surface area (Å²) in [5.74, 6) is -0.310. The molecule has 0 aliphatic rings. The number of hydrogen-bond acceptors (Lipinski definition) is 3. The minimum Gasteiger partial charge on any atom is -0.309 e. The number of imidazole rings is 1. The van der Waals surface area contributed by atoms with Gasteiger partial charge >= 0.3 is 0 Å². The van der Waals surface area contributed by atoms with E-state index < -0.39 is 0 Å². The molecule has 6 rings (SSSR count). The Morgan fingerprint density at radius 2 is 1.56 bits per heavy atom. The number of rotatable bonds is 5. The second-order valence-corrected chi connectivity index (χ2v) is 8.49. The van der Waals surface area contributed by atoms with Crippen LogP contribution >= 0.6 is 0 Å². The number of para-hydroxylation sites is 2. The molecule has 0 saturated carbocycles. The minimum atomic E-state index is -0.310. The third-order valence-electron chi connectivity index (χ3n) is 6.25. The first-order valence-corrected chi connectivity index (χ1v) is 11.7. The second kappa shape index (κ2) is 9.00. The molecule has 3 aromatic heterocycles. The zero-order valence-corrected chi connectivity index (χ0v) is 19.7. The third kappa shape index (κ3) is 3.65. The Bertz CT molecular complexity index is 1730. The van der Waals surface area contributed by atoms with Crippen molar-refractivity contribution in [2.75, 3.05) is 0 Å². The molecule has 6 nitrogen and oxygen atoms in total. The lowest BCUT2D eigenvalue weighted by Gasteiger charge is -2.12. The maximum Gasteiger partial charge on any atom is 0.290 e. The van der Waals surface area contributed by atoms with Crippen LogP contribution in [0.3, 0.4) is 0 Å². The molecule has 0 spiro atoms. The van der Waals surface area contributed by atoms with Gasteiger partial charge in [-0.2, -0.15) is 5.10 Å². The zero-order valence-electron chi connectivity index (χ0n) is 19.7. The summed E-state index contributed by atoms with van der Waals surface area (Å²) in [4.78, 5) is 17.6. The molecule has 3 aromatic carbocycles. The minimum absolute atomic E-state index is 0.310. The summed E-state index contributed by atoms with van der Waals surface area (Å²) >= 11 is 0. The van der Waals surface area contributed by atoms with Crippen molar-refractivity contribution in [1.82, 2.24) is 19.4 Å². The molecule has 3 heterocycles. The van der Waals surface area contributed by atoms with Gasteiger partial charge in [0.05, 0.1) is 23.1 Å².